The number of sulfone groups is 1. The highest BCUT2D eigenvalue weighted by atomic mass is 32.2. The summed E-state index contributed by atoms with van der Waals surface area (Å²) >= 11 is 0. The van der Waals surface area contributed by atoms with E-state index in [0.717, 1.165) is 19.5 Å². The molecule has 98 valence electrons. The van der Waals surface area contributed by atoms with Crippen molar-refractivity contribution in [3.8, 4) is 0 Å². The maximum atomic E-state index is 11.4. The van der Waals surface area contributed by atoms with Gasteiger partial charge < -0.3 is 5.32 Å². The van der Waals surface area contributed by atoms with E-state index in [4.69, 9.17) is 0 Å². The van der Waals surface area contributed by atoms with Gasteiger partial charge in [0.2, 0.25) is 0 Å². The molecule has 4 nitrogen and oxygen atoms in total. The molecule has 2 aliphatic heterocycles. The van der Waals surface area contributed by atoms with Gasteiger partial charge in [0.15, 0.2) is 9.84 Å². The maximum absolute atomic E-state index is 11.4. The summed E-state index contributed by atoms with van der Waals surface area (Å²) in [6, 6.07) is 6.40. The smallest absolute Gasteiger partial charge is 0.152 e. The molecule has 0 unspecified atom stereocenters. The number of hydrogen-bond acceptors (Lipinski definition) is 4. The molecule has 0 radical (unpaired) electrons. The van der Waals surface area contributed by atoms with E-state index in [0.29, 0.717) is 24.6 Å². The molecule has 1 aromatic carbocycles. The molecule has 5 heteroatoms. The molecule has 2 aliphatic rings. The molecule has 1 fully saturated rings. The van der Waals surface area contributed by atoms with Gasteiger partial charge in [0, 0.05) is 31.9 Å². The fourth-order valence-electron chi connectivity index (χ4n) is 2.69. The Labute approximate surface area is 108 Å². The van der Waals surface area contributed by atoms with E-state index in [2.05, 4.69) is 28.4 Å². The van der Waals surface area contributed by atoms with Gasteiger partial charge in [-0.15, -0.1) is 0 Å². The van der Waals surface area contributed by atoms with Crippen molar-refractivity contribution >= 4 is 15.5 Å². The second-order valence-corrected chi connectivity index (χ2v) is 7.36. The Morgan fingerprint density at radius 2 is 2.00 bits per heavy atom. The van der Waals surface area contributed by atoms with Gasteiger partial charge in [-0.3, -0.25) is 4.90 Å². The molecule has 0 atom stereocenters. The highest BCUT2D eigenvalue weighted by Crippen LogP contribution is 2.27. The minimum atomic E-state index is -2.78. The minimum Gasteiger partial charge on any atom is -0.384 e. The lowest BCUT2D eigenvalue weighted by Crippen LogP contribution is -2.39. The van der Waals surface area contributed by atoms with Crippen LogP contribution in [-0.4, -0.2) is 44.5 Å². The van der Waals surface area contributed by atoms with Crippen LogP contribution in [-0.2, 0) is 22.8 Å². The first-order valence-corrected chi connectivity index (χ1v) is 8.24. The number of anilines is 1. The summed E-state index contributed by atoms with van der Waals surface area (Å²) in [7, 11) is -2.78. The SMILES string of the molecule is O=S1(=O)CCN(Cc2cccc3c2NCC3)CC1. The van der Waals surface area contributed by atoms with Crippen molar-refractivity contribution in [2.24, 2.45) is 0 Å². The van der Waals surface area contributed by atoms with E-state index in [9.17, 15) is 8.42 Å². The molecule has 3 rings (SSSR count). The summed E-state index contributed by atoms with van der Waals surface area (Å²) in [6.07, 6.45) is 1.09. The second-order valence-electron chi connectivity index (χ2n) is 5.06. The predicted octanol–water partition coefficient (Wildman–Crippen LogP) is 0.885. The average Bonchev–Trinajstić information content (AvgIpc) is 2.81. The molecule has 0 saturated carbocycles. The Balaban J connectivity index is 1.73. The summed E-state index contributed by atoms with van der Waals surface area (Å²) in [6.45, 7) is 3.18. The van der Waals surface area contributed by atoms with Crippen molar-refractivity contribution in [1.29, 1.82) is 0 Å². The zero-order valence-electron chi connectivity index (χ0n) is 10.4. The van der Waals surface area contributed by atoms with Crippen LogP contribution in [0.4, 0.5) is 5.69 Å². The lowest BCUT2D eigenvalue weighted by atomic mass is 10.1. The summed E-state index contributed by atoms with van der Waals surface area (Å²) in [5, 5.41) is 3.43. The molecule has 1 aromatic rings. The third-order valence-corrected chi connectivity index (χ3v) is 5.37. The van der Waals surface area contributed by atoms with Gasteiger partial charge in [0.05, 0.1) is 11.5 Å². The number of benzene rings is 1. The van der Waals surface area contributed by atoms with Crippen LogP contribution in [0.15, 0.2) is 18.2 Å². The van der Waals surface area contributed by atoms with E-state index in [1.807, 2.05) is 0 Å². The number of fused-ring (bicyclic) bond motifs is 1. The lowest BCUT2D eigenvalue weighted by molar-refractivity contribution is 0.288. The predicted molar refractivity (Wildman–Crippen MR) is 72.6 cm³/mol. The largest absolute Gasteiger partial charge is 0.384 e. The molecule has 2 heterocycles. The number of para-hydroxylation sites is 1. The number of nitrogens with zero attached hydrogens (tertiary/aromatic N) is 1. The van der Waals surface area contributed by atoms with Crippen LogP contribution >= 0.6 is 0 Å². The molecule has 0 aliphatic carbocycles. The molecule has 0 bridgehead atoms. The van der Waals surface area contributed by atoms with Crippen molar-refractivity contribution in [3.05, 3.63) is 29.3 Å². The van der Waals surface area contributed by atoms with E-state index in [-0.39, 0.29) is 0 Å². The Hall–Kier alpha value is -1.07. The summed E-state index contributed by atoms with van der Waals surface area (Å²) in [5.74, 6) is 0.602. The Kier molecular flexibility index (Phi) is 3.03. The molecule has 0 amide bonds. The fourth-order valence-corrected chi connectivity index (χ4v) is 3.97. The monoisotopic (exact) mass is 266 g/mol. The van der Waals surface area contributed by atoms with Crippen LogP contribution in [0.5, 0.6) is 0 Å². The highest BCUT2D eigenvalue weighted by Gasteiger charge is 2.23. The van der Waals surface area contributed by atoms with Gasteiger partial charge in [-0.05, 0) is 17.5 Å². The summed E-state index contributed by atoms with van der Waals surface area (Å²) < 4.78 is 22.8. The van der Waals surface area contributed by atoms with Crippen LogP contribution in [0.2, 0.25) is 0 Å². The van der Waals surface area contributed by atoms with Crippen LogP contribution in [0.3, 0.4) is 0 Å². The first kappa shape index (κ1) is 12.0. The second kappa shape index (κ2) is 4.55. The maximum Gasteiger partial charge on any atom is 0.152 e. The molecular weight excluding hydrogens is 248 g/mol. The van der Waals surface area contributed by atoms with Crippen molar-refractivity contribution in [1.82, 2.24) is 4.90 Å². The molecule has 0 spiro atoms. The van der Waals surface area contributed by atoms with E-state index < -0.39 is 9.84 Å². The van der Waals surface area contributed by atoms with E-state index in [1.54, 1.807) is 0 Å². The van der Waals surface area contributed by atoms with Crippen LogP contribution in [0.25, 0.3) is 0 Å². The van der Waals surface area contributed by atoms with Crippen molar-refractivity contribution in [3.63, 3.8) is 0 Å². The van der Waals surface area contributed by atoms with E-state index in [1.165, 1.54) is 16.8 Å². The van der Waals surface area contributed by atoms with Gasteiger partial charge in [0.25, 0.3) is 0 Å². The molecular formula is C13H18N2O2S. The quantitative estimate of drug-likeness (QED) is 0.863. The minimum absolute atomic E-state index is 0.301. The van der Waals surface area contributed by atoms with Crippen molar-refractivity contribution in [2.75, 3.05) is 36.5 Å². The molecule has 1 saturated heterocycles. The number of hydrogen-bond donors (Lipinski definition) is 1. The van der Waals surface area contributed by atoms with Gasteiger partial charge in [-0.25, -0.2) is 8.42 Å². The Bertz CT molecular complexity index is 540. The van der Waals surface area contributed by atoms with Gasteiger partial charge in [-0.1, -0.05) is 18.2 Å². The zero-order chi connectivity index (χ0) is 12.6. The first-order chi connectivity index (χ1) is 8.64. The van der Waals surface area contributed by atoms with Gasteiger partial charge in [0.1, 0.15) is 0 Å². The Morgan fingerprint density at radius 1 is 1.22 bits per heavy atom. The average molecular weight is 266 g/mol. The van der Waals surface area contributed by atoms with Gasteiger partial charge in [-0.2, -0.15) is 0 Å². The summed E-state index contributed by atoms with van der Waals surface area (Å²) in [4.78, 5) is 2.23. The molecule has 0 aromatic heterocycles. The van der Waals surface area contributed by atoms with Crippen LogP contribution < -0.4 is 5.32 Å². The number of rotatable bonds is 2. The molecule has 1 N–H and O–H groups in total. The highest BCUT2D eigenvalue weighted by molar-refractivity contribution is 7.91. The summed E-state index contributed by atoms with van der Waals surface area (Å²) in [5.41, 5.74) is 3.95. The third-order valence-electron chi connectivity index (χ3n) is 3.76. The van der Waals surface area contributed by atoms with Gasteiger partial charge >= 0.3 is 0 Å². The van der Waals surface area contributed by atoms with Crippen LogP contribution in [0, 0.1) is 0 Å². The first-order valence-electron chi connectivity index (χ1n) is 6.41. The van der Waals surface area contributed by atoms with Crippen molar-refractivity contribution < 1.29 is 8.42 Å². The third kappa shape index (κ3) is 2.37. The Morgan fingerprint density at radius 3 is 2.78 bits per heavy atom. The molecule has 18 heavy (non-hydrogen) atoms. The van der Waals surface area contributed by atoms with Crippen LogP contribution in [0.1, 0.15) is 11.1 Å². The normalized spacial score (nSPS) is 22.4. The standard InChI is InChI=1S/C13H18N2O2S/c16-18(17)8-6-15(7-9-18)10-12-3-1-2-11-4-5-14-13(11)12/h1-3,14H,4-10H2. The fraction of sp³-hybridized carbons (Fsp3) is 0.538. The topological polar surface area (TPSA) is 49.4 Å². The lowest BCUT2D eigenvalue weighted by Gasteiger charge is -2.27. The van der Waals surface area contributed by atoms with E-state index >= 15 is 0 Å². The zero-order valence-corrected chi connectivity index (χ0v) is 11.2. The van der Waals surface area contributed by atoms with Crippen molar-refractivity contribution in [2.45, 2.75) is 13.0 Å². The number of nitrogens with one attached hydrogen (secondary N) is 1.